The van der Waals surface area contributed by atoms with Crippen molar-refractivity contribution in [3.8, 4) is 0 Å². The standard InChI is InChI=1S/C24H31NO5/c1-3-29-24(27)22-14-17-12-15(4-9-21(17)30-22)13-20(26)23-19(10-11-25-23)16-5-7-18(28-2)8-6-16/h4,9,12,14,16,18-19,23,25H,3,5-8,10-11,13H2,1-2H3/t16?,18?,19-,23-/m0/s1. The number of fused-ring (bicyclic) bond motifs is 1. The lowest BCUT2D eigenvalue weighted by Crippen LogP contribution is -2.40. The molecule has 0 amide bonds. The van der Waals surface area contributed by atoms with E-state index < -0.39 is 5.97 Å². The predicted octanol–water partition coefficient (Wildman–Crippen LogP) is 3.90. The Kier molecular flexibility index (Phi) is 6.54. The van der Waals surface area contributed by atoms with Crippen molar-refractivity contribution in [2.45, 2.75) is 57.6 Å². The van der Waals surface area contributed by atoms with E-state index in [1.54, 1.807) is 20.1 Å². The summed E-state index contributed by atoms with van der Waals surface area (Å²) in [7, 11) is 1.79. The molecule has 1 aromatic carbocycles. The van der Waals surface area contributed by atoms with Crippen molar-refractivity contribution in [1.82, 2.24) is 5.32 Å². The van der Waals surface area contributed by atoms with Crippen LogP contribution in [0, 0.1) is 11.8 Å². The number of hydrogen-bond acceptors (Lipinski definition) is 6. The summed E-state index contributed by atoms with van der Waals surface area (Å²) < 4.78 is 16.1. The second-order valence-electron chi connectivity index (χ2n) is 8.50. The SMILES string of the molecule is CCOC(=O)c1cc2cc(CC(=O)[C@H]3NCC[C@H]3C3CCC(OC)CC3)ccc2o1. The number of ketones is 1. The molecule has 2 aliphatic rings. The van der Waals surface area contributed by atoms with E-state index in [0.29, 0.717) is 36.6 Å². The van der Waals surface area contributed by atoms with Crippen LogP contribution in [0.1, 0.15) is 55.1 Å². The van der Waals surface area contributed by atoms with E-state index in [2.05, 4.69) is 5.32 Å². The highest BCUT2D eigenvalue weighted by Gasteiger charge is 2.38. The van der Waals surface area contributed by atoms with Crippen LogP contribution in [-0.4, -0.2) is 44.2 Å². The zero-order chi connectivity index (χ0) is 21.1. The van der Waals surface area contributed by atoms with Crippen molar-refractivity contribution in [3.05, 3.63) is 35.6 Å². The normalized spacial score (nSPS) is 26.7. The fourth-order valence-corrected chi connectivity index (χ4v) is 5.15. The van der Waals surface area contributed by atoms with Gasteiger partial charge in [0.1, 0.15) is 5.58 Å². The van der Waals surface area contributed by atoms with E-state index in [0.717, 1.165) is 49.6 Å². The number of ether oxygens (including phenoxy) is 2. The van der Waals surface area contributed by atoms with E-state index in [9.17, 15) is 9.59 Å². The molecule has 1 saturated carbocycles. The summed E-state index contributed by atoms with van der Waals surface area (Å²) in [4.78, 5) is 25.0. The van der Waals surface area contributed by atoms with Crippen LogP contribution in [0.4, 0.5) is 0 Å². The molecule has 2 heterocycles. The second kappa shape index (κ2) is 9.31. The average molecular weight is 414 g/mol. The van der Waals surface area contributed by atoms with Crippen LogP contribution in [0.3, 0.4) is 0 Å². The number of benzene rings is 1. The lowest BCUT2D eigenvalue weighted by Gasteiger charge is -2.33. The quantitative estimate of drug-likeness (QED) is 0.694. The lowest BCUT2D eigenvalue weighted by atomic mass is 9.74. The molecule has 0 unspecified atom stereocenters. The van der Waals surface area contributed by atoms with E-state index >= 15 is 0 Å². The number of carbonyl (C=O) groups excluding carboxylic acids is 2. The van der Waals surface area contributed by atoms with E-state index in [1.807, 2.05) is 18.2 Å². The molecule has 1 aliphatic carbocycles. The number of Topliss-reactive ketones (excluding diaryl/α,β-unsaturated/α-hetero) is 1. The Balaban J connectivity index is 1.42. The average Bonchev–Trinajstić information content (AvgIpc) is 3.41. The Bertz CT molecular complexity index is 896. The smallest absolute Gasteiger partial charge is 0.374 e. The fraction of sp³-hybridized carbons (Fsp3) is 0.583. The van der Waals surface area contributed by atoms with Gasteiger partial charge in [-0.15, -0.1) is 0 Å². The third kappa shape index (κ3) is 4.44. The number of furan rings is 1. The fourth-order valence-electron chi connectivity index (χ4n) is 5.15. The number of hydrogen-bond donors (Lipinski definition) is 1. The van der Waals surface area contributed by atoms with Crippen molar-refractivity contribution in [2.75, 3.05) is 20.3 Å². The molecule has 6 nitrogen and oxygen atoms in total. The first-order valence-corrected chi connectivity index (χ1v) is 11.1. The topological polar surface area (TPSA) is 77.8 Å². The summed E-state index contributed by atoms with van der Waals surface area (Å²) in [5.74, 6) is 0.999. The minimum absolute atomic E-state index is 0.0655. The van der Waals surface area contributed by atoms with Crippen LogP contribution < -0.4 is 5.32 Å². The van der Waals surface area contributed by atoms with Gasteiger partial charge in [0.25, 0.3) is 0 Å². The van der Waals surface area contributed by atoms with Crippen LogP contribution in [-0.2, 0) is 20.7 Å². The molecule has 0 radical (unpaired) electrons. The molecule has 1 N–H and O–H groups in total. The van der Waals surface area contributed by atoms with Crippen LogP contribution in [0.5, 0.6) is 0 Å². The maximum atomic E-state index is 13.1. The summed E-state index contributed by atoms with van der Waals surface area (Å²) in [5, 5.41) is 4.28. The Hall–Kier alpha value is -2.18. The van der Waals surface area contributed by atoms with E-state index in [-0.39, 0.29) is 17.6 Å². The molecule has 30 heavy (non-hydrogen) atoms. The van der Waals surface area contributed by atoms with E-state index in [1.165, 1.54) is 0 Å². The van der Waals surface area contributed by atoms with Crippen LogP contribution in [0.15, 0.2) is 28.7 Å². The molecular formula is C24H31NO5. The first-order chi connectivity index (χ1) is 14.6. The molecule has 2 aromatic rings. The van der Waals surface area contributed by atoms with Crippen molar-refractivity contribution in [3.63, 3.8) is 0 Å². The van der Waals surface area contributed by atoms with Crippen LogP contribution in [0.2, 0.25) is 0 Å². The zero-order valence-corrected chi connectivity index (χ0v) is 17.8. The first kappa shape index (κ1) is 21.1. The zero-order valence-electron chi connectivity index (χ0n) is 17.8. The minimum atomic E-state index is -0.465. The third-order valence-corrected chi connectivity index (χ3v) is 6.71. The molecule has 1 aromatic heterocycles. The highest BCUT2D eigenvalue weighted by molar-refractivity contribution is 5.93. The molecule has 2 atom stereocenters. The summed E-state index contributed by atoms with van der Waals surface area (Å²) in [5.41, 5.74) is 1.57. The van der Waals surface area contributed by atoms with Crippen molar-refractivity contribution >= 4 is 22.7 Å². The summed E-state index contributed by atoms with van der Waals surface area (Å²) in [6, 6.07) is 7.29. The number of nitrogens with one attached hydrogen (secondary N) is 1. The molecule has 6 heteroatoms. The largest absolute Gasteiger partial charge is 0.460 e. The summed E-state index contributed by atoms with van der Waals surface area (Å²) in [6.07, 6.45) is 6.32. The van der Waals surface area contributed by atoms with Gasteiger partial charge in [-0.3, -0.25) is 4.79 Å². The van der Waals surface area contributed by atoms with Gasteiger partial charge in [-0.05, 0) is 81.2 Å². The van der Waals surface area contributed by atoms with Gasteiger partial charge in [-0.1, -0.05) is 6.07 Å². The Labute approximate surface area is 177 Å². The van der Waals surface area contributed by atoms with Gasteiger partial charge in [0.15, 0.2) is 5.78 Å². The van der Waals surface area contributed by atoms with Gasteiger partial charge in [-0.25, -0.2) is 4.79 Å². The van der Waals surface area contributed by atoms with Gasteiger partial charge in [0.05, 0.1) is 18.8 Å². The molecule has 4 rings (SSSR count). The first-order valence-electron chi connectivity index (χ1n) is 11.1. The second-order valence-corrected chi connectivity index (χ2v) is 8.50. The minimum Gasteiger partial charge on any atom is -0.460 e. The monoisotopic (exact) mass is 413 g/mol. The lowest BCUT2D eigenvalue weighted by molar-refractivity contribution is -0.121. The molecule has 162 valence electrons. The maximum absolute atomic E-state index is 13.1. The highest BCUT2D eigenvalue weighted by Crippen LogP contribution is 2.37. The number of carbonyl (C=O) groups is 2. The highest BCUT2D eigenvalue weighted by atomic mass is 16.5. The van der Waals surface area contributed by atoms with Gasteiger partial charge in [0, 0.05) is 18.9 Å². The van der Waals surface area contributed by atoms with E-state index in [4.69, 9.17) is 13.9 Å². The molecule has 2 fully saturated rings. The van der Waals surface area contributed by atoms with Crippen LogP contribution in [0.25, 0.3) is 11.0 Å². The van der Waals surface area contributed by atoms with Crippen molar-refractivity contribution in [2.24, 2.45) is 11.8 Å². The summed E-state index contributed by atoms with van der Waals surface area (Å²) >= 11 is 0. The molecule has 1 aliphatic heterocycles. The van der Waals surface area contributed by atoms with Crippen molar-refractivity contribution < 1.29 is 23.5 Å². The maximum Gasteiger partial charge on any atom is 0.374 e. The van der Waals surface area contributed by atoms with Gasteiger partial charge >= 0.3 is 5.97 Å². The van der Waals surface area contributed by atoms with Crippen LogP contribution >= 0.6 is 0 Å². The number of methoxy groups -OCH3 is 1. The molecule has 0 spiro atoms. The number of esters is 1. The molecule has 1 saturated heterocycles. The van der Waals surface area contributed by atoms with Gasteiger partial charge < -0.3 is 19.2 Å². The predicted molar refractivity (Wildman–Crippen MR) is 114 cm³/mol. The summed E-state index contributed by atoms with van der Waals surface area (Å²) in [6.45, 7) is 2.98. The Morgan fingerprint density at radius 3 is 2.67 bits per heavy atom. The Morgan fingerprint density at radius 2 is 1.93 bits per heavy atom. The molecule has 0 bridgehead atoms. The Morgan fingerprint density at radius 1 is 1.13 bits per heavy atom. The van der Waals surface area contributed by atoms with Gasteiger partial charge in [-0.2, -0.15) is 0 Å². The molecular weight excluding hydrogens is 382 g/mol. The van der Waals surface area contributed by atoms with Gasteiger partial charge in [0.2, 0.25) is 5.76 Å². The van der Waals surface area contributed by atoms with Crippen molar-refractivity contribution in [1.29, 1.82) is 0 Å². The number of rotatable bonds is 7. The third-order valence-electron chi connectivity index (χ3n) is 6.71.